The van der Waals surface area contributed by atoms with Gasteiger partial charge >= 0.3 is 5.97 Å². The van der Waals surface area contributed by atoms with Crippen molar-refractivity contribution in [1.82, 2.24) is 25.0 Å². The molecule has 11 heteroatoms. The summed E-state index contributed by atoms with van der Waals surface area (Å²) in [4.78, 5) is 19.1. The minimum absolute atomic E-state index is 0.0443. The van der Waals surface area contributed by atoms with Crippen molar-refractivity contribution in [2.75, 3.05) is 4.72 Å². The number of aromatic nitrogens is 5. The quantitative estimate of drug-likeness (QED) is 0.482. The summed E-state index contributed by atoms with van der Waals surface area (Å²) in [6, 6.07) is 12.4. The minimum atomic E-state index is -3.79. The largest absolute Gasteiger partial charge is 0.478 e. The first kappa shape index (κ1) is 19.2. The first-order valence-corrected chi connectivity index (χ1v) is 10.1. The van der Waals surface area contributed by atoms with Crippen LogP contribution < -0.4 is 4.72 Å². The molecule has 2 N–H and O–H groups in total. The van der Waals surface area contributed by atoms with E-state index in [9.17, 15) is 13.2 Å². The number of nitrogens with zero attached hydrogens (tertiary/aromatic N) is 5. The summed E-state index contributed by atoms with van der Waals surface area (Å²) >= 11 is 0. The molecule has 30 heavy (non-hydrogen) atoms. The van der Waals surface area contributed by atoms with Gasteiger partial charge in [0.15, 0.2) is 0 Å². The van der Waals surface area contributed by atoms with Gasteiger partial charge < -0.3 is 5.11 Å². The molecular formula is C19H14N6O4S. The summed E-state index contributed by atoms with van der Waals surface area (Å²) in [6.07, 6.45) is 5.70. The van der Waals surface area contributed by atoms with E-state index in [1.807, 2.05) is 0 Å². The number of carboxylic acid groups (broad SMARTS) is 1. The van der Waals surface area contributed by atoms with Crippen molar-refractivity contribution in [2.45, 2.75) is 4.90 Å². The lowest BCUT2D eigenvalue weighted by Crippen LogP contribution is -2.13. The summed E-state index contributed by atoms with van der Waals surface area (Å²) in [5.74, 6) is -1.07. The van der Waals surface area contributed by atoms with E-state index in [-0.39, 0.29) is 10.5 Å². The monoisotopic (exact) mass is 422 g/mol. The summed E-state index contributed by atoms with van der Waals surface area (Å²) in [5, 5.41) is 17.2. The van der Waals surface area contributed by atoms with E-state index in [0.717, 1.165) is 0 Å². The van der Waals surface area contributed by atoms with E-state index in [1.54, 1.807) is 30.5 Å². The fraction of sp³-hybridized carbons (Fsp3) is 0. The molecule has 10 nitrogen and oxygen atoms in total. The smallest absolute Gasteiger partial charge is 0.335 e. The van der Waals surface area contributed by atoms with Crippen LogP contribution in [0.25, 0.3) is 17.1 Å². The Kier molecular flexibility index (Phi) is 4.94. The van der Waals surface area contributed by atoms with Gasteiger partial charge in [-0.05, 0) is 42.5 Å². The number of hydrogen-bond acceptors (Lipinski definition) is 7. The Morgan fingerprint density at radius 2 is 1.90 bits per heavy atom. The molecule has 3 aromatic heterocycles. The van der Waals surface area contributed by atoms with Crippen LogP contribution in [-0.4, -0.2) is 44.5 Å². The molecule has 0 aliphatic carbocycles. The molecule has 1 aromatic carbocycles. The highest BCUT2D eigenvalue weighted by Gasteiger charge is 2.15. The molecule has 4 aromatic rings. The zero-order valence-corrected chi connectivity index (χ0v) is 16.1. The van der Waals surface area contributed by atoms with Crippen LogP contribution in [0.3, 0.4) is 0 Å². The van der Waals surface area contributed by atoms with Gasteiger partial charge in [0.2, 0.25) is 0 Å². The lowest BCUT2D eigenvalue weighted by atomic mass is 10.2. The normalized spacial score (nSPS) is 11.2. The van der Waals surface area contributed by atoms with Crippen LogP contribution in [-0.2, 0) is 10.0 Å². The SMILES string of the molecule is O=C(O)c1ccnc(-c2cn(-c3cccc(NS(=O)(=O)c4cccnc4)c3)nn2)c1. The second kappa shape index (κ2) is 7.72. The van der Waals surface area contributed by atoms with Crippen molar-refractivity contribution in [3.63, 3.8) is 0 Å². The van der Waals surface area contributed by atoms with Crippen LogP contribution in [0.1, 0.15) is 10.4 Å². The maximum Gasteiger partial charge on any atom is 0.335 e. The average Bonchev–Trinajstić information content (AvgIpc) is 3.25. The van der Waals surface area contributed by atoms with Crippen LogP contribution >= 0.6 is 0 Å². The third-order valence-electron chi connectivity index (χ3n) is 4.07. The maximum atomic E-state index is 12.5. The van der Waals surface area contributed by atoms with E-state index in [1.165, 1.54) is 47.5 Å². The second-order valence-corrected chi connectivity index (χ2v) is 7.81. The molecule has 0 unspecified atom stereocenters. The van der Waals surface area contributed by atoms with Crippen LogP contribution in [0.4, 0.5) is 5.69 Å². The molecule has 0 amide bonds. The van der Waals surface area contributed by atoms with Crippen LogP contribution in [0.2, 0.25) is 0 Å². The zero-order chi connectivity index (χ0) is 21.1. The summed E-state index contributed by atoms with van der Waals surface area (Å²) in [6.45, 7) is 0. The zero-order valence-electron chi connectivity index (χ0n) is 15.2. The molecule has 3 heterocycles. The summed E-state index contributed by atoms with van der Waals surface area (Å²) < 4.78 is 28.9. The summed E-state index contributed by atoms with van der Waals surface area (Å²) in [5.41, 5.74) is 1.70. The summed E-state index contributed by atoms with van der Waals surface area (Å²) in [7, 11) is -3.79. The van der Waals surface area contributed by atoms with Crippen LogP contribution in [0, 0.1) is 0 Å². The molecule has 0 radical (unpaired) electrons. The lowest BCUT2D eigenvalue weighted by molar-refractivity contribution is 0.0696. The fourth-order valence-corrected chi connectivity index (χ4v) is 3.66. The standard InChI is InChI=1S/C19H14N6O4S/c26-19(27)13-6-8-21-17(9-13)18-12-25(24-22-18)15-4-1-3-14(10-15)23-30(28,29)16-5-2-7-20-11-16/h1-12,23H,(H,26,27). The first-order chi connectivity index (χ1) is 14.4. The number of carbonyl (C=O) groups is 1. The van der Waals surface area contributed by atoms with E-state index in [4.69, 9.17) is 5.11 Å². The Balaban J connectivity index is 1.61. The van der Waals surface area contributed by atoms with Crippen LogP contribution in [0.5, 0.6) is 0 Å². The van der Waals surface area contributed by atoms with Gasteiger partial charge in [0.05, 0.1) is 28.8 Å². The lowest BCUT2D eigenvalue weighted by Gasteiger charge is -2.09. The molecular weight excluding hydrogens is 408 g/mol. The minimum Gasteiger partial charge on any atom is -0.478 e. The van der Waals surface area contributed by atoms with Crippen molar-refractivity contribution in [3.8, 4) is 17.1 Å². The molecule has 0 atom stereocenters. The Labute approximate surface area is 170 Å². The van der Waals surface area contributed by atoms with Crippen molar-refractivity contribution in [3.05, 3.63) is 78.9 Å². The molecule has 150 valence electrons. The van der Waals surface area contributed by atoms with E-state index in [2.05, 4.69) is 25.0 Å². The van der Waals surface area contributed by atoms with Gasteiger partial charge in [-0.15, -0.1) is 5.10 Å². The number of benzene rings is 1. The average molecular weight is 422 g/mol. The highest BCUT2D eigenvalue weighted by atomic mass is 32.2. The van der Waals surface area contributed by atoms with Crippen molar-refractivity contribution >= 4 is 21.7 Å². The fourth-order valence-electron chi connectivity index (χ4n) is 2.64. The Morgan fingerprint density at radius 3 is 2.67 bits per heavy atom. The van der Waals surface area contributed by atoms with Gasteiger partial charge in [0.1, 0.15) is 10.6 Å². The van der Waals surface area contributed by atoms with E-state index >= 15 is 0 Å². The van der Waals surface area contributed by atoms with Crippen LogP contribution in [0.15, 0.2) is 78.2 Å². The number of sulfonamides is 1. The Bertz CT molecular complexity index is 1320. The van der Waals surface area contributed by atoms with Gasteiger partial charge in [0.25, 0.3) is 10.0 Å². The molecule has 0 bridgehead atoms. The van der Waals surface area contributed by atoms with Crippen molar-refractivity contribution < 1.29 is 18.3 Å². The Morgan fingerprint density at radius 1 is 1.03 bits per heavy atom. The van der Waals surface area contributed by atoms with Gasteiger partial charge in [0, 0.05) is 18.6 Å². The number of pyridine rings is 2. The highest BCUT2D eigenvalue weighted by molar-refractivity contribution is 7.92. The first-order valence-electron chi connectivity index (χ1n) is 8.58. The predicted molar refractivity (Wildman–Crippen MR) is 107 cm³/mol. The maximum absolute atomic E-state index is 12.5. The number of hydrogen-bond donors (Lipinski definition) is 2. The third kappa shape index (κ3) is 4.00. The highest BCUT2D eigenvalue weighted by Crippen LogP contribution is 2.20. The van der Waals surface area contributed by atoms with Gasteiger partial charge in [-0.1, -0.05) is 11.3 Å². The number of nitrogens with one attached hydrogen (secondary N) is 1. The Hall–Kier alpha value is -4.12. The third-order valence-corrected chi connectivity index (χ3v) is 5.44. The number of aromatic carboxylic acids is 1. The molecule has 0 fully saturated rings. The van der Waals surface area contributed by atoms with E-state index in [0.29, 0.717) is 22.8 Å². The van der Waals surface area contributed by atoms with Crippen molar-refractivity contribution in [1.29, 1.82) is 0 Å². The second-order valence-electron chi connectivity index (χ2n) is 6.13. The van der Waals surface area contributed by atoms with Crippen molar-refractivity contribution in [2.24, 2.45) is 0 Å². The predicted octanol–water partition coefficient (Wildman–Crippen LogP) is 2.22. The number of carboxylic acids is 1. The molecule has 4 rings (SSSR count). The van der Waals surface area contributed by atoms with Gasteiger partial charge in [-0.2, -0.15) is 0 Å². The number of anilines is 1. The number of rotatable bonds is 6. The van der Waals surface area contributed by atoms with Gasteiger partial charge in [-0.3, -0.25) is 14.7 Å². The van der Waals surface area contributed by atoms with Gasteiger partial charge in [-0.25, -0.2) is 17.9 Å². The molecule has 0 spiro atoms. The topological polar surface area (TPSA) is 140 Å². The van der Waals surface area contributed by atoms with E-state index < -0.39 is 16.0 Å². The molecule has 0 aliphatic heterocycles. The molecule has 0 aliphatic rings. The molecule has 0 saturated carbocycles. The molecule has 0 saturated heterocycles.